The van der Waals surface area contributed by atoms with Gasteiger partial charge in [0.2, 0.25) is 0 Å². The molecule has 1 aliphatic carbocycles. The molecule has 1 aliphatic rings. The average Bonchev–Trinajstić information content (AvgIpc) is 2.26. The molecule has 0 heterocycles. The summed E-state index contributed by atoms with van der Waals surface area (Å²) in [5.41, 5.74) is 0.0888. The first-order chi connectivity index (χ1) is 6.13. The van der Waals surface area contributed by atoms with Crippen molar-refractivity contribution in [1.29, 1.82) is 0 Å². The molecule has 4 nitrogen and oxygen atoms in total. The average molecular weight is 185 g/mol. The molecular weight excluding hydrogens is 177 g/mol. The molecule has 0 fully saturated rings. The third-order valence-corrected chi connectivity index (χ3v) is 1.60. The van der Waals surface area contributed by atoms with E-state index in [1.54, 1.807) is 0 Å². The predicted molar refractivity (Wildman–Crippen MR) is 44.1 cm³/mol. The normalized spacial score (nSPS) is 16.9. The molecule has 0 radical (unpaired) electrons. The largest absolute Gasteiger partial charge is 0.392 e. The molecule has 5 heteroatoms. The van der Waals surface area contributed by atoms with Gasteiger partial charge in [0.05, 0.1) is 11.5 Å². The summed E-state index contributed by atoms with van der Waals surface area (Å²) in [7, 11) is 0. The minimum Gasteiger partial charge on any atom is -0.392 e. The minimum absolute atomic E-state index is 0.0651. The lowest BCUT2D eigenvalue weighted by Gasteiger charge is -1.97. The third-order valence-electron chi connectivity index (χ3n) is 1.60. The zero-order valence-corrected chi connectivity index (χ0v) is 6.74. The van der Waals surface area contributed by atoms with Gasteiger partial charge in [-0.05, 0) is 11.6 Å². The molecule has 0 unspecified atom stereocenters. The van der Waals surface area contributed by atoms with Crippen LogP contribution in [0.2, 0.25) is 0 Å². The highest BCUT2D eigenvalue weighted by Crippen LogP contribution is 2.18. The van der Waals surface area contributed by atoms with Crippen molar-refractivity contribution in [2.24, 2.45) is 0 Å². The molecule has 13 heavy (non-hydrogen) atoms. The topological polar surface area (TPSA) is 63.4 Å². The number of halogens is 1. The maximum atomic E-state index is 12.8. The van der Waals surface area contributed by atoms with Crippen LogP contribution in [0.5, 0.6) is 0 Å². The van der Waals surface area contributed by atoms with E-state index in [4.69, 9.17) is 5.11 Å². The van der Waals surface area contributed by atoms with Gasteiger partial charge in [0.1, 0.15) is 5.83 Å². The smallest absolute Gasteiger partial charge is 0.269 e. The van der Waals surface area contributed by atoms with Crippen LogP contribution < -0.4 is 0 Å². The van der Waals surface area contributed by atoms with Crippen molar-refractivity contribution >= 4 is 0 Å². The van der Waals surface area contributed by atoms with Crippen molar-refractivity contribution in [2.45, 2.75) is 6.42 Å². The fourth-order valence-corrected chi connectivity index (χ4v) is 0.975. The first kappa shape index (κ1) is 9.60. The monoisotopic (exact) mass is 185 g/mol. The second-order valence-corrected chi connectivity index (χ2v) is 2.60. The molecule has 1 N–H and O–H groups in total. The van der Waals surface area contributed by atoms with Gasteiger partial charge in [0, 0.05) is 18.6 Å². The standard InChI is InChI=1S/C8H8FNO3/c9-7-1-2-8(10(12)13)4-6(3-7)5-11/h1-2,4,11H,3,5H2. The fraction of sp³-hybridized carbons (Fsp3) is 0.250. The van der Waals surface area contributed by atoms with Gasteiger partial charge in [0.15, 0.2) is 0 Å². The molecule has 70 valence electrons. The quantitative estimate of drug-likeness (QED) is 0.521. The van der Waals surface area contributed by atoms with Crippen molar-refractivity contribution < 1.29 is 14.4 Å². The highest BCUT2D eigenvalue weighted by Gasteiger charge is 2.12. The van der Waals surface area contributed by atoms with Crippen LogP contribution in [0.3, 0.4) is 0 Å². The zero-order chi connectivity index (χ0) is 9.84. The summed E-state index contributed by atoms with van der Waals surface area (Å²) in [5.74, 6) is -0.489. The summed E-state index contributed by atoms with van der Waals surface area (Å²) in [6.07, 6.45) is 3.24. The van der Waals surface area contributed by atoms with E-state index in [-0.39, 0.29) is 18.7 Å². The number of aliphatic hydroxyl groups excluding tert-OH is 1. The third kappa shape index (κ3) is 2.48. The molecule has 1 rings (SSSR count). The molecular formula is C8H8FNO3. The Labute approximate surface area is 73.8 Å². The van der Waals surface area contributed by atoms with E-state index in [2.05, 4.69) is 0 Å². The lowest BCUT2D eigenvalue weighted by atomic mass is 10.2. The number of hydrogen-bond acceptors (Lipinski definition) is 3. The van der Waals surface area contributed by atoms with E-state index in [1.165, 1.54) is 6.08 Å². The Morgan fingerprint density at radius 1 is 1.62 bits per heavy atom. The van der Waals surface area contributed by atoms with Crippen LogP contribution >= 0.6 is 0 Å². The van der Waals surface area contributed by atoms with Gasteiger partial charge < -0.3 is 5.11 Å². The van der Waals surface area contributed by atoms with Crippen molar-refractivity contribution in [3.05, 3.63) is 45.4 Å². The van der Waals surface area contributed by atoms with Gasteiger partial charge in [-0.25, -0.2) is 4.39 Å². The maximum absolute atomic E-state index is 12.8. The fourth-order valence-electron chi connectivity index (χ4n) is 0.975. The lowest BCUT2D eigenvalue weighted by Crippen LogP contribution is -1.97. The number of hydrogen-bond donors (Lipinski definition) is 1. The lowest BCUT2D eigenvalue weighted by molar-refractivity contribution is -0.419. The number of nitro groups is 1. The Morgan fingerprint density at radius 3 is 2.85 bits per heavy atom. The molecule has 0 amide bonds. The molecule has 0 aromatic carbocycles. The van der Waals surface area contributed by atoms with Crippen LogP contribution in [0.25, 0.3) is 0 Å². The van der Waals surface area contributed by atoms with Crippen LogP contribution in [0.15, 0.2) is 35.3 Å². The van der Waals surface area contributed by atoms with Gasteiger partial charge in [0.25, 0.3) is 5.70 Å². The van der Waals surface area contributed by atoms with Gasteiger partial charge in [-0.15, -0.1) is 0 Å². The Hall–Kier alpha value is -1.49. The van der Waals surface area contributed by atoms with Gasteiger partial charge in [-0.3, -0.25) is 10.1 Å². The van der Waals surface area contributed by atoms with Gasteiger partial charge in [-0.1, -0.05) is 0 Å². The van der Waals surface area contributed by atoms with Crippen molar-refractivity contribution in [2.75, 3.05) is 6.61 Å². The van der Waals surface area contributed by atoms with E-state index in [9.17, 15) is 14.5 Å². The number of aliphatic hydroxyl groups is 1. The van der Waals surface area contributed by atoms with Crippen LogP contribution in [0.1, 0.15) is 6.42 Å². The van der Waals surface area contributed by atoms with E-state index in [1.807, 2.05) is 0 Å². The van der Waals surface area contributed by atoms with E-state index in [0.717, 1.165) is 12.2 Å². The zero-order valence-electron chi connectivity index (χ0n) is 6.74. The molecule has 0 atom stereocenters. The Bertz CT molecular complexity index is 317. The number of rotatable bonds is 2. The van der Waals surface area contributed by atoms with Crippen molar-refractivity contribution in [1.82, 2.24) is 0 Å². The Kier molecular flexibility index (Phi) is 2.92. The Morgan fingerprint density at radius 2 is 2.31 bits per heavy atom. The van der Waals surface area contributed by atoms with E-state index >= 15 is 0 Å². The molecule has 0 aromatic rings. The molecule has 0 spiro atoms. The molecule has 0 aromatic heterocycles. The molecule has 0 saturated carbocycles. The summed E-state index contributed by atoms with van der Waals surface area (Å²) in [5, 5.41) is 19.1. The molecule has 0 aliphatic heterocycles. The van der Waals surface area contributed by atoms with E-state index < -0.39 is 10.8 Å². The summed E-state index contributed by atoms with van der Waals surface area (Å²) in [6, 6.07) is 0. The van der Waals surface area contributed by atoms with Crippen LogP contribution in [0.4, 0.5) is 4.39 Å². The number of allylic oxidation sites excluding steroid dienone is 4. The minimum atomic E-state index is -0.620. The maximum Gasteiger partial charge on any atom is 0.269 e. The second-order valence-electron chi connectivity index (χ2n) is 2.60. The SMILES string of the molecule is O=[N+]([O-])C1=CC=C(F)CC(CO)=C1. The van der Waals surface area contributed by atoms with Crippen LogP contribution in [0, 0.1) is 10.1 Å². The predicted octanol–water partition coefficient (Wildman–Crippen LogP) is 1.32. The van der Waals surface area contributed by atoms with Crippen LogP contribution in [-0.4, -0.2) is 16.6 Å². The summed E-state index contributed by atoms with van der Waals surface area (Å²) < 4.78 is 12.8. The highest BCUT2D eigenvalue weighted by atomic mass is 19.1. The summed E-state index contributed by atoms with van der Waals surface area (Å²) in [4.78, 5) is 9.71. The molecule has 0 saturated heterocycles. The van der Waals surface area contributed by atoms with Gasteiger partial charge in [-0.2, -0.15) is 0 Å². The van der Waals surface area contributed by atoms with E-state index in [0.29, 0.717) is 5.57 Å². The van der Waals surface area contributed by atoms with Crippen molar-refractivity contribution in [3.8, 4) is 0 Å². The summed E-state index contributed by atoms with van der Waals surface area (Å²) >= 11 is 0. The highest BCUT2D eigenvalue weighted by molar-refractivity contribution is 5.29. The molecule has 0 bridgehead atoms. The summed E-state index contributed by atoms with van der Waals surface area (Å²) in [6.45, 7) is -0.369. The van der Waals surface area contributed by atoms with Crippen LogP contribution in [-0.2, 0) is 0 Å². The first-order valence-electron chi connectivity index (χ1n) is 3.64. The number of nitrogens with zero attached hydrogens (tertiary/aromatic N) is 1. The Balaban J connectivity index is 3.01. The first-order valence-corrected chi connectivity index (χ1v) is 3.64. The van der Waals surface area contributed by atoms with Gasteiger partial charge >= 0.3 is 0 Å². The second kappa shape index (κ2) is 3.95. The van der Waals surface area contributed by atoms with Crippen molar-refractivity contribution in [3.63, 3.8) is 0 Å².